The van der Waals surface area contributed by atoms with Gasteiger partial charge in [0.2, 0.25) is 11.4 Å². The molecule has 3 aromatic heterocycles. The highest BCUT2D eigenvalue weighted by molar-refractivity contribution is 5.92. The van der Waals surface area contributed by atoms with Gasteiger partial charge in [0.25, 0.3) is 0 Å². The van der Waals surface area contributed by atoms with E-state index < -0.39 is 0 Å². The van der Waals surface area contributed by atoms with Gasteiger partial charge in [-0.1, -0.05) is 60.7 Å². The SMILES string of the molecule is C[n+]1c2cc3nc(c(-c4ccccc4)c4ccc(cc5ccc([nH]5)c(-c5ccccc5)c1C=C2)[nH]4)C=C3. The summed E-state index contributed by atoms with van der Waals surface area (Å²) in [5, 5.41) is 0. The molecule has 5 heterocycles. The topological polar surface area (TPSA) is 48.4 Å². The average Bonchev–Trinajstić information content (AvgIpc) is 3.73. The fourth-order valence-electron chi connectivity index (χ4n) is 5.22. The highest BCUT2D eigenvalue weighted by Gasteiger charge is 2.21. The lowest BCUT2D eigenvalue weighted by molar-refractivity contribution is -0.671. The number of fused-ring (bicyclic) bond motifs is 8. The molecule has 2 aliphatic rings. The van der Waals surface area contributed by atoms with Crippen LogP contribution in [0, 0.1) is 0 Å². The lowest BCUT2D eigenvalue weighted by atomic mass is 10.0. The summed E-state index contributed by atoms with van der Waals surface area (Å²) >= 11 is 0. The first-order valence-electron chi connectivity index (χ1n) is 12.5. The van der Waals surface area contributed by atoms with E-state index in [9.17, 15) is 0 Å². The molecule has 0 atom stereocenters. The third kappa shape index (κ3) is 3.80. The molecular weight excluding hydrogens is 452 g/mol. The zero-order valence-corrected chi connectivity index (χ0v) is 20.4. The predicted molar refractivity (Wildman–Crippen MR) is 153 cm³/mol. The van der Waals surface area contributed by atoms with E-state index in [-0.39, 0.29) is 0 Å². The van der Waals surface area contributed by atoms with Crippen LogP contribution in [-0.4, -0.2) is 15.0 Å². The first kappa shape index (κ1) is 21.3. The highest BCUT2D eigenvalue weighted by Crippen LogP contribution is 2.31. The Morgan fingerprint density at radius 3 is 1.89 bits per heavy atom. The van der Waals surface area contributed by atoms with Crippen LogP contribution in [-0.2, 0) is 7.05 Å². The molecule has 0 radical (unpaired) electrons. The van der Waals surface area contributed by atoms with Crippen LogP contribution in [0.2, 0.25) is 0 Å². The minimum atomic E-state index is 0.935. The Balaban J connectivity index is 1.61. The molecule has 0 aliphatic carbocycles. The zero-order chi connectivity index (χ0) is 24.8. The van der Waals surface area contributed by atoms with E-state index in [4.69, 9.17) is 4.98 Å². The fourth-order valence-corrected chi connectivity index (χ4v) is 5.22. The van der Waals surface area contributed by atoms with Crippen LogP contribution in [0.5, 0.6) is 0 Å². The standard InChI is InChI=1S/C33H24N4/c1-37-27-15-19-31(37)33(23-10-6-3-7-11-23)30-18-13-25(35-30)20-24-12-16-28(34-24)32(22-8-4-2-5-9-22)29-17-14-26(21-27)36-29/h2-21H,1H3,(H,34,35,36)/p+1. The van der Waals surface area contributed by atoms with Crippen LogP contribution in [0.1, 0.15) is 22.8 Å². The maximum atomic E-state index is 5.05. The number of H-pyrrole nitrogens is 2. The normalized spacial score (nSPS) is 12.2. The number of aromatic amines is 2. The van der Waals surface area contributed by atoms with Gasteiger partial charge >= 0.3 is 0 Å². The van der Waals surface area contributed by atoms with E-state index in [1.54, 1.807) is 0 Å². The number of aromatic nitrogens is 4. The summed E-state index contributed by atoms with van der Waals surface area (Å²) in [7, 11) is 2.12. The molecular formula is C33H25N4+. The van der Waals surface area contributed by atoms with Gasteiger partial charge in [-0.05, 0) is 53.6 Å². The Morgan fingerprint density at radius 1 is 0.595 bits per heavy atom. The van der Waals surface area contributed by atoms with Gasteiger partial charge in [0.05, 0.1) is 22.5 Å². The molecule has 2 aromatic carbocycles. The van der Waals surface area contributed by atoms with E-state index in [1.807, 2.05) is 6.07 Å². The lowest BCUT2D eigenvalue weighted by Crippen LogP contribution is -2.32. The number of hydrogen-bond donors (Lipinski definition) is 2. The quantitative estimate of drug-likeness (QED) is 0.250. The van der Waals surface area contributed by atoms with E-state index in [1.165, 1.54) is 5.56 Å². The number of hydrogen-bond acceptors (Lipinski definition) is 1. The molecule has 176 valence electrons. The molecule has 4 heteroatoms. The maximum Gasteiger partial charge on any atom is 0.215 e. The van der Waals surface area contributed by atoms with Gasteiger partial charge < -0.3 is 9.97 Å². The second-order valence-electron chi connectivity index (χ2n) is 9.38. The van der Waals surface area contributed by atoms with Crippen molar-refractivity contribution in [3.05, 3.63) is 120 Å². The Morgan fingerprint density at radius 2 is 1.22 bits per heavy atom. The Bertz CT molecular complexity index is 1870. The van der Waals surface area contributed by atoms with Crippen molar-refractivity contribution < 1.29 is 4.57 Å². The molecule has 0 fully saturated rings. The molecule has 0 unspecified atom stereocenters. The molecule has 0 spiro atoms. The zero-order valence-electron chi connectivity index (χ0n) is 20.4. The largest absolute Gasteiger partial charge is 0.355 e. The van der Waals surface area contributed by atoms with Gasteiger partial charge in [-0.15, -0.1) is 0 Å². The molecule has 8 bridgehead atoms. The Kier molecular flexibility index (Phi) is 4.96. The van der Waals surface area contributed by atoms with E-state index in [0.29, 0.717) is 0 Å². The van der Waals surface area contributed by atoms with Crippen molar-refractivity contribution >= 4 is 46.4 Å². The molecule has 5 aromatic rings. The van der Waals surface area contributed by atoms with Crippen LogP contribution in [0.15, 0.2) is 97.1 Å². The van der Waals surface area contributed by atoms with Crippen molar-refractivity contribution in [1.82, 2.24) is 15.0 Å². The summed E-state index contributed by atoms with van der Waals surface area (Å²) in [6, 6.07) is 33.9. The monoisotopic (exact) mass is 477 g/mol. The number of rotatable bonds is 2. The number of nitrogens with one attached hydrogen (secondary N) is 2. The summed E-state index contributed by atoms with van der Waals surface area (Å²) in [5.41, 5.74) is 12.9. The molecule has 0 saturated heterocycles. The summed E-state index contributed by atoms with van der Waals surface area (Å²) < 4.78 is 2.24. The first-order chi connectivity index (χ1) is 18.2. The van der Waals surface area contributed by atoms with Gasteiger partial charge in [0.15, 0.2) is 0 Å². The Labute approximate surface area is 214 Å². The van der Waals surface area contributed by atoms with Crippen molar-refractivity contribution in [3.63, 3.8) is 0 Å². The summed E-state index contributed by atoms with van der Waals surface area (Å²) in [6.45, 7) is 0. The maximum absolute atomic E-state index is 5.05. The molecule has 4 nitrogen and oxygen atoms in total. The molecule has 7 rings (SSSR count). The smallest absolute Gasteiger partial charge is 0.215 e. The number of nitrogens with zero attached hydrogens (tertiary/aromatic N) is 2. The lowest BCUT2D eigenvalue weighted by Gasteiger charge is -2.03. The van der Waals surface area contributed by atoms with E-state index in [0.717, 1.165) is 61.5 Å². The minimum Gasteiger partial charge on any atom is -0.355 e. The summed E-state index contributed by atoms with van der Waals surface area (Å²) in [6.07, 6.45) is 8.56. The van der Waals surface area contributed by atoms with E-state index in [2.05, 4.69) is 137 Å². The molecule has 2 aliphatic heterocycles. The number of benzene rings is 2. The molecule has 37 heavy (non-hydrogen) atoms. The van der Waals surface area contributed by atoms with Crippen LogP contribution in [0.4, 0.5) is 0 Å². The van der Waals surface area contributed by atoms with Crippen molar-refractivity contribution in [3.8, 4) is 22.3 Å². The Hall–Kier alpha value is -4.96. The van der Waals surface area contributed by atoms with Gasteiger partial charge in [-0.3, -0.25) is 0 Å². The second kappa shape index (κ2) is 8.61. The van der Waals surface area contributed by atoms with Crippen molar-refractivity contribution in [2.24, 2.45) is 7.05 Å². The predicted octanol–water partition coefficient (Wildman–Crippen LogP) is 7.42. The molecule has 0 amide bonds. The van der Waals surface area contributed by atoms with Crippen LogP contribution in [0.25, 0.3) is 68.6 Å². The van der Waals surface area contributed by atoms with Gasteiger partial charge in [0.1, 0.15) is 7.05 Å². The van der Waals surface area contributed by atoms with Crippen LogP contribution >= 0.6 is 0 Å². The molecule has 2 N–H and O–H groups in total. The van der Waals surface area contributed by atoms with Crippen molar-refractivity contribution in [1.29, 1.82) is 0 Å². The fraction of sp³-hybridized carbons (Fsp3) is 0.0303. The third-order valence-electron chi connectivity index (χ3n) is 7.02. The van der Waals surface area contributed by atoms with Gasteiger partial charge in [-0.25, -0.2) is 4.98 Å². The van der Waals surface area contributed by atoms with Crippen molar-refractivity contribution in [2.75, 3.05) is 0 Å². The van der Waals surface area contributed by atoms with Gasteiger partial charge in [-0.2, -0.15) is 4.57 Å². The summed E-state index contributed by atoms with van der Waals surface area (Å²) in [4.78, 5) is 12.3. The molecule has 0 saturated carbocycles. The summed E-state index contributed by atoms with van der Waals surface area (Å²) in [5.74, 6) is 0. The van der Waals surface area contributed by atoms with Gasteiger partial charge in [0, 0.05) is 40.3 Å². The third-order valence-corrected chi connectivity index (χ3v) is 7.02. The minimum absolute atomic E-state index is 0.935. The average molecular weight is 478 g/mol. The van der Waals surface area contributed by atoms with Crippen LogP contribution in [0.3, 0.4) is 0 Å². The van der Waals surface area contributed by atoms with E-state index >= 15 is 0 Å². The van der Waals surface area contributed by atoms with Crippen molar-refractivity contribution in [2.45, 2.75) is 0 Å². The first-order valence-corrected chi connectivity index (χ1v) is 12.5. The van der Waals surface area contributed by atoms with Crippen LogP contribution < -0.4 is 4.57 Å². The second-order valence-corrected chi connectivity index (χ2v) is 9.38. The highest BCUT2D eigenvalue weighted by atomic mass is 15.0.